The van der Waals surface area contributed by atoms with Gasteiger partial charge in [-0.1, -0.05) is 12.1 Å². The van der Waals surface area contributed by atoms with E-state index in [2.05, 4.69) is 32.0 Å². The minimum atomic E-state index is -4.73. The van der Waals surface area contributed by atoms with Crippen molar-refractivity contribution in [2.75, 3.05) is 44.6 Å². The van der Waals surface area contributed by atoms with E-state index in [4.69, 9.17) is 4.74 Å². The SMILES string of the molecule is O=C(CN1CCN(Cc2ccc3c(c2)CCO3)CC1)Nc1ccc(OC(F)(F)F)cc1. The average molecular weight is 435 g/mol. The van der Waals surface area contributed by atoms with Gasteiger partial charge in [-0.2, -0.15) is 0 Å². The van der Waals surface area contributed by atoms with E-state index in [-0.39, 0.29) is 18.2 Å². The molecule has 0 radical (unpaired) electrons. The molecule has 0 unspecified atom stereocenters. The van der Waals surface area contributed by atoms with Crippen molar-refractivity contribution in [1.29, 1.82) is 0 Å². The van der Waals surface area contributed by atoms with Crippen molar-refractivity contribution in [3.63, 3.8) is 0 Å². The minimum Gasteiger partial charge on any atom is -0.493 e. The summed E-state index contributed by atoms with van der Waals surface area (Å²) in [5.74, 6) is 0.469. The molecule has 4 rings (SSSR count). The summed E-state index contributed by atoms with van der Waals surface area (Å²) in [5, 5.41) is 2.71. The van der Waals surface area contributed by atoms with Crippen LogP contribution in [0.2, 0.25) is 0 Å². The van der Waals surface area contributed by atoms with Crippen molar-refractivity contribution in [2.45, 2.75) is 19.3 Å². The lowest BCUT2D eigenvalue weighted by Gasteiger charge is -2.34. The number of halogens is 3. The van der Waals surface area contributed by atoms with Crippen molar-refractivity contribution in [1.82, 2.24) is 9.80 Å². The summed E-state index contributed by atoms with van der Waals surface area (Å²) >= 11 is 0. The lowest BCUT2D eigenvalue weighted by atomic mass is 10.1. The molecule has 9 heteroatoms. The number of benzene rings is 2. The number of amides is 1. The van der Waals surface area contributed by atoms with E-state index in [9.17, 15) is 18.0 Å². The summed E-state index contributed by atoms with van der Waals surface area (Å²) in [5.41, 5.74) is 2.97. The van der Waals surface area contributed by atoms with Crippen LogP contribution in [0, 0.1) is 0 Å². The Morgan fingerprint density at radius 2 is 1.74 bits per heavy atom. The van der Waals surface area contributed by atoms with Gasteiger partial charge in [-0.3, -0.25) is 14.6 Å². The first kappa shape index (κ1) is 21.5. The first-order valence-corrected chi connectivity index (χ1v) is 10.2. The van der Waals surface area contributed by atoms with Gasteiger partial charge in [0.2, 0.25) is 5.91 Å². The third-order valence-electron chi connectivity index (χ3n) is 5.36. The average Bonchev–Trinajstić information content (AvgIpc) is 3.18. The predicted molar refractivity (Wildman–Crippen MR) is 109 cm³/mol. The highest BCUT2D eigenvalue weighted by Gasteiger charge is 2.31. The third kappa shape index (κ3) is 6.11. The molecule has 2 aromatic rings. The molecule has 0 bridgehead atoms. The summed E-state index contributed by atoms with van der Waals surface area (Å²) in [4.78, 5) is 16.7. The first-order chi connectivity index (χ1) is 14.8. The van der Waals surface area contributed by atoms with Gasteiger partial charge in [0.25, 0.3) is 0 Å². The number of carbonyl (C=O) groups excluding carboxylic acids is 1. The van der Waals surface area contributed by atoms with Crippen molar-refractivity contribution < 1.29 is 27.4 Å². The molecule has 1 N–H and O–H groups in total. The largest absolute Gasteiger partial charge is 0.573 e. The second-order valence-electron chi connectivity index (χ2n) is 7.71. The Labute approximate surface area is 178 Å². The van der Waals surface area contributed by atoms with Crippen LogP contribution >= 0.6 is 0 Å². The lowest BCUT2D eigenvalue weighted by molar-refractivity contribution is -0.274. The zero-order valence-corrected chi connectivity index (χ0v) is 17.0. The summed E-state index contributed by atoms with van der Waals surface area (Å²) in [6.07, 6.45) is -3.77. The molecular weight excluding hydrogens is 411 g/mol. The molecule has 0 saturated carbocycles. The molecule has 2 aliphatic rings. The topological polar surface area (TPSA) is 54.0 Å². The highest BCUT2D eigenvalue weighted by Crippen LogP contribution is 2.27. The van der Waals surface area contributed by atoms with Crippen LogP contribution in [0.3, 0.4) is 0 Å². The monoisotopic (exact) mass is 435 g/mol. The van der Waals surface area contributed by atoms with Gasteiger partial charge in [0, 0.05) is 44.8 Å². The van der Waals surface area contributed by atoms with Crippen LogP contribution in [0.1, 0.15) is 11.1 Å². The molecule has 0 spiro atoms. The summed E-state index contributed by atoms with van der Waals surface area (Å²) < 4.78 is 46.0. The number of alkyl halides is 3. The molecule has 0 atom stereocenters. The second kappa shape index (κ2) is 9.15. The summed E-state index contributed by atoms with van der Waals surface area (Å²) in [6, 6.07) is 11.5. The maximum atomic E-state index is 12.3. The Morgan fingerprint density at radius 1 is 1.03 bits per heavy atom. The smallest absolute Gasteiger partial charge is 0.493 e. The standard InChI is InChI=1S/C22H24F3N3O3/c23-22(24,25)31-19-4-2-18(3-5-19)26-21(29)15-28-10-8-27(9-11-28)14-16-1-6-20-17(13-16)7-12-30-20/h1-6,13H,7-12,14-15H2,(H,26,29). The van der Waals surface area contributed by atoms with E-state index in [1.807, 2.05) is 6.07 Å². The molecule has 6 nitrogen and oxygen atoms in total. The van der Waals surface area contributed by atoms with Crippen LogP contribution in [0.15, 0.2) is 42.5 Å². The van der Waals surface area contributed by atoms with Crippen molar-refractivity contribution in [2.24, 2.45) is 0 Å². The molecule has 1 fully saturated rings. The van der Waals surface area contributed by atoms with Gasteiger partial charge < -0.3 is 14.8 Å². The number of nitrogens with zero attached hydrogens (tertiary/aromatic N) is 2. The molecule has 2 aliphatic heterocycles. The molecule has 2 aromatic carbocycles. The number of fused-ring (bicyclic) bond motifs is 1. The maximum Gasteiger partial charge on any atom is 0.573 e. The number of rotatable bonds is 6. The zero-order chi connectivity index (χ0) is 21.8. The van der Waals surface area contributed by atoms with Gasteiger partial charge in [-0.25, -0.2) is 0 Å². The van der Waals surface area contributed by atoms with Gasteiger partial charge in [0.15, 0.2) is 0 Å². The number of piperazine rings is 1. The van der Waals surface area contributed by atoms with E-state index in [0.29, 0.717) is 5.69 Å². The fourth-order valence-corrected chi connectivity index (χ4v) is 3.85. The second-order valence-corrected chi connectivity index (χ2v) is 7.71. The quantitative estimate of drug-likeness (QED) is 0.755. The van der Waals surface area contributed by atoms with Crippen molar-refractivity contribution in [3.05, 3.63) is 53.6 Å². The van der Waals surface area contributed by atoms with Crippen LogP contribution in [0.5, 0.6) is 11.5 Å². The van der Waals surface area contributed by atoms with Crippen molar-refractivity contribution in [3.8, 4) is 11.5 Å². The highest BCUT2D eigenvalue weighted by atomic mass is 19.4. The predicted octanol–water partition coefficient (Wildman–Crippen LogP) is 3.28. The number of carbonyl (C=O) groups is 1. The van der Waals surface area contributed by atoms with Crippen LogP contribution in [0.25, 0.3) is 0 Å². The fourth-order valence-electron chi connectivity index (χ4n) is 3.85. The van der Waals surface area contributed by atoms with Crippen LogP contribution < -0.4 is 14.8 Å². The minimum absolute atomic E-state index is 0.198. The molecule has 166 valence electrons. The third-order valence-corrected chi connectivity index (χ3v) is 5.36. The van der Waals surface area contributed by atoms with Gasteiger partial charge in [-0.15, -0.1) is 13.2 Å². The van der Waals surface area contributed by atoms with Crippen LogP contribution in [0.4, 0.5) is 18.9 Å². The van der Waals surface area contributed by atoms with E-state index in [1.54, 1.807) is 0 Å². The molecule has 0 aliphatic carbocycles. The molecule has 2 heterocycles. The Balaban J connectivity index is 1.20. The first-order valence-electron chi connectivity index (χ1n) is 10.2. The Morgan fingerprint density at radius 3 is 2.45 bits per heavy atom. The number of nitrogens with one attached hydrogen (secondary N) is 1. The normalized spacial score (nSPS) is 17.1. The Hall–Kier alpha value is -2.78. The van der Waals surface area contributed by atoms with Gasteiger partial charge in [0.05, 0.1) is 13.2 Å². The highest BCUT2D eigenvalue weighted by molar-refractivity contribution is 5.92. The Kier molecular flexibility index (Phi) is 6.33. The maximum absolute atomic E-state index is 12.3. The molecular formula is C22H24F3N3O3. The van der Waals surface area contributed by atoms with Gasteiger partial charge in [0.1, 0.15) is 11.5 Å². The molecule has 1 saturated heterocycles. The lowest BCUT2D eigenvalue weighted by Crippen LogP contribution is -2.48. The van der Waals surface area contributed by atoms with Crippen LogP contribution in [-0.2, 0) is 17.8 Å². The van der Waals surface area contributed by atoms with Crippen LogP contribution in [-0.4, -0.2) is 61.4 Å². The zero-order valence-electron chi connectivity index (χ0n) is 17.0. The number of ether oxygens (including phenoxy) is 2. The summed E-state index contributed by atoms with van der Waals surface area (Å²) in [7, 11) is 0. The van der Waals surface area contributed by atoms with Gasteiger partial charge >= 0.3 is 6.36 Å². The fraction of sp³-hybridized carbons (Fsp3) is 0.409. The number of anilines is 1. The van der Waals surface area contributed by atoms with E-state index >= 15 is 0 Å². The number of hydrogen-bond acceptors (Lipinski definition) is 5. The Bertz CT molecular complexity index is 910. The molecule has 31 heavy (non-hydrogen) atoms. The molecule has 1 amide bonds. The van der Waals surface area contributed by atoms with E-state index in [1.165, 1.54) is 35.4 Å². The number of hydrogen-bond donors (Lipinski definition) is 1. The summed E-state index contributed by atoms with van der Waals surface area (Å²) in [6.45, 7) is 5.16. The van der Waals surface area contributed by atoms with Crippen molar-refractivity contribution >= 4 is 11.6 Å². The van der Waals surface area contributed by atoms with E-state index in [0.717, 1.165) is 51.5 Å². The van der Waals surface area contributed by atoms with E-state index < -0.39 is 6.36 Å². The van der Waals surface area contributed by atoms with Gasteiger partial charge in [-0.05, 0) is 41.5 Å². The molecule has 0 aromatic heterocycles.